The third-order valence-electron chi connectivity index (χ3n) is 2.14. The average Bonchev–Trinajstić information content (AvgIpc) is 2.77. The molecule has 0 amide bonds. The van der Waals surface area contributed by atoms with Crippen LogP contribution in [0.3, 0.4) is 0 Å². The molecule has 0 bridgehead atoms. The van der Waals surface area contributed by atoms with Crippen LogP contribution in [0.4, 0.5) is 0 Å². The van der Waals surface area contributed by atoms with Gasteiger partial charge in [0.2, 0.25) is 5.76 Å². The third-order valence-corrected chi connectivity index (χ3v) is 2.14. The molecule has 0 saturated heterocycles. The quantitative estimate of drug-likeness (QED) is 0.876. The molecule has 5 nitrogen and oxygen atoms in total. The summed E-state index contributed by atoms with van der Waals surface area (Å²) in [6.07, 6.45) is 1.61. The molecule has 0 fully saturated rings. The van der Waals surface area contributed by atoms with Crippen molar-refractivity contribution in [3.05, 3.63) is 47.7 Å². The Balaban J connectivity index is 1.97. The van der Waals surface area contributed by atoms with Gasteiger partial charge in [0.15, 0.2) is 0 Å². The summed E-state index contributed by atoms with van der Waals surface area (Å²) in [6, 6.07) is 6.60. The van der Waals surface area contributed by atoms with Crippen molar-refractivity contribution in [2.75, 3.05) is 0 Å². The third kappa shape index (κ3) is 2.84. The van der Waals surface area contributed by atoms with Crippen molar-refractivity contribution in [1.29, 1.82) is 0 Å². The second-order valence-electron chi connectivity index (χ2n) is 3.50. The molecular weight excluding hydrogens is 222 g/mol. The standard InChI is InChI=1S/C12H11NO4/c1-8-2-3-9(6-13-8)16-7-10-4-5-11(17-10)12(14)15/h2-6H,7H2,1H3,(H,14,15). The Morgan fingerprint density at radius 2 is 2.24 bits per heavy atom. The van der Waals surface area contributed by atoms with Gasteiger partial charge in [0, 0.05) is 5.69 Å². The molecule has 17 heavy (non-hydrogen) atoms. The maximum atomic E-state index is 10.6. The van der Waals surface area contributed by atoms with Crippen molar-refractivity contribution in [3.63, 3.8) is 0 Å². The van der Waals surface area contributed by atoms with E-state index in [2.05, 4.69) is 4.98 Å². The Labute approximate surface area is 97.7 Å². The molecule has 0 unspecified atom stereocenters. The molecule has 0 spiro atoms. The zero-order valence-electron chi connectivity index (χ0n) is 9.21. The fraction of sp³-hybridized carbons (Fsp3) is 0.167. The van der Waals surface area contributed by atoms with E-state index in [1.165, 1.54) is 6.07 Å². The Kier molecular flexibility index (Phi) is 3.09. The molecular formula is C12H11NO4. The van der Waals surface area contributed by atoms with Crippen LogP contribution in [-0.2, 0) is 6.61 Å². The number of aryl methyl sites for hydroxylation is 1. The number of carboxylic acid groups (broad SMARTS) is 1. The van der Waals surface area contributed by atoms with Gasteiger partial charge in [0.25, 0.3) is 0 Å². The molecule has 2 rings (SSSR count). The number of hydrogen-bond donors (Lipinski definition) is 1. The minimum atomic E-state index is -1.09. The molecule has 0 aliphatic carbocycles. The van der Waals surface area contributed by atoms with Crippen LogP contribution >= 0.6 is 0 Å². The molecule has 2 aromatic rings. The number of ether oxygens (including phenoxy) is 1. The van der Waals surface area contributed by atoms with E-state index in [1.807, 2.05) is 13.0 Å². The summed E-state index contributed by atoms with van der Waals surface area (Å²) in [5, 5.41) is 8.67. The predicted molar refractivity (Wildman–Crippen MR) is 59.0 cm³/mol. The van der Waals surface area contributed by atoms with Crippen LogP contribution in [0.5, 0.6) is 5.75 Å². The van der Waals surface area contributed by atoms with Crippen molar-refractivity contribution in [2.45, 2.75) is 13.5 Å². The zero-order valence-corrected chi connectivity index (χ0v) is 9.21. The summed E-state index contributed by atoms with van der Waals surface area (Å²) in [5.74, 6) is -0.106. The summed E-state index contributed by atoms with van der Waals surface area (Å²) < 4.78 is 10.4. The fourth-order valence-electron chi connectivity index (χ4n) is 1.26. The van der Waals surface area contributed by atoms with Crippen LogP contribution in [0.1, 0.15) is 22.0 Å². The number of aromatic carboxylic acids is 1. The minimum Gasteiger partial charge on any atom is -0.484 e. The molecule has 0 aromatic carbocycles. The minimum absolute atomic E-state index is 0.0920. The molecule has 0 saturated carbocycles. The van der Waals surface area contributed by atoms with Crippen LogP contribution in [0, 0.1) is 6.92 Å². The first-order chi connectivity index (χ1) is 8.15. The molecule has 0 radical (unpaired) electrons. The fourth-order valence-corrected chi connectivity index (χ4v) is 1.26. The highest BCUT2D eigenvalue weighted by Crippen LogP contribution is 2.13. The smallest absolute Gasteiger partial charge is 0.371 e. The average molecular weight is 233 g/mol. The van der Waals surface area contributed by atoms with Crippen molar-refractivity contribution >= 4 is 5.97 Å². The lowest BCUT2D eigenvalue weighted by atomic mass is 10.4. The number of pyridine rings is 1. The lowest BCUT2D eigenvalue weighted by Crippen LogP contribution is -1.95. The molecule has 2 aromatic heterocycles. The monoisotopic (exact) mass is 233 g/mol. The number of hydrogen-bond acceptors (Lipinski definition) is 4. The zero-order chi connectivity index (χ0) is 12.3. The number of carboxylic acids is 1. The maximum Gasteiger partial charge on any atom is 0.371 e. The summed E-state index contributed by atoms with van der Waals surface area (Å²) in [6.45, 7) is 2.06. The normalized spacial score (nSPS) is 10.2. The van der Waals surface area contributed by atoms with E-state index in [0.717, 1.165) is 5.69 Å². The summed E-state index contributed by atoms with van der Waals surface area (Å²) in [4.78, 5) is 14.7. The maximum absolute atomic E-state index is 10.6. The first-order valence-corrected chi connectivity index (χ1v) is 5.02. The van der Waals surface area contributed by atoms with Gasteiger partial charge < -0.3 is 14.3 Å². The van der Waals surface area contributed by atoms with Crippen molar-refractivity contribution in [2.24, 2.45) is 0 Å². The predicted octanol–water partition coefficient (Wildman–Crippen LogP) is 2.26. The Morgan fingerprint density at radius 1 is 1.41 bits per heavy atom. The molecule has 2 heterocycles. The highest BCUT2D eigenvalue weighted by Gasteiger charge is 2.09. The Bertz CT molecular complexity index is 516. The molecule has 0 atom stereocenters. The second-order valence-corrected chi connectivity index (χ2v) is 3.50. The second kappa shape index (κ2) is 4.69. The molecule has 0 aliphatic rings. The number of carbonyl (C=O) groups is 1. The topological polar surface area (TPSA) is 72.6 Å². The van der Waals surface area contributed by atoms with Gasteiger partial charge in [-0.15, -0.1) is 0 Å². The van der Waals surface area contributed by atoms with E-state index in [0.29, 0.717) is 11.5 Å². The van der Waals surface area contributed by atoms with E-state index in [4.69, 9.17) is 14.3 Å². The van der Waals surface area contributed by atoms with Gasteiger partial charge >= 0.3 is 5.97 Å². The lowest BCUT2D eigenvalue weighted by Gasteiger charge is -2.03. The van der Waals surface area contributed by atoms with Crippen LogP contribution in [0.25, 0.3) is 0 Å². The summed E-state index contributed by atoms with van der Waals surface area (Å²) in [5.41, 5.74) is 0.906. The van der Waals surface area contributed by atoms with E-state index in [-0.39, 0.29) is 12.4 Å². The Hall–Kier alpha value is -2.30. The van der Waals surface area contributed by atoms with Gasteiger partial charge in [0.1, 0.15) is 18.1 Å². The van der Waals surface area contributed by atoms with Gasteiger partial charge in [0.05, 0.1) is 6.20 Å². The van der Waals surface area contributed by atoms with Crippen molar-refractivity contribution in [3.8, 4) is 5.75 Å². The van der Waals surface area contributed by atoms with E-state index in [9.17, 15) is 4.79 Å². The SMILES string of the molecule is Cc1ccc(OCc2ccc(C(=O)O)o2)cn1. The number of furan rings is 1. The number of aromatic nitrogens is 1. The molecule has 5 heteroatoms. The van der Waals surface area contributed by atoms with Gasteiger partial charge in [-0.1, -0.05) is 0 Å². The summed E-state index contributed by atoms with van der Waals surface area (Å²) >= 11 is 0. The highest BCUT2D eigenvalue weighted by atomic mass is 16.5. The lowest BCUT2D eigenvalue weighted by molar-refractivity contribution is 0.0658. The molecule has 0 aliphatic heterocycles. The van der Waals surface area contributed by atoms with Gasteiger partial charge in [-0.25, -0.2) is 4.79 Å². The van der Waals surface area contributed by atoms with E-state index in [1.54, 1.807) is 18.3 Å². The van der Waals surface area contributed by atoms with Crippen LogP contribution in [0.15, 0.2) is 34.9 Å². The summed E-state index contributed by atoms with van der Waals surface area (Å²) in [7, 11) is 0. The first-order valence-electron chi connectivity index (χ1n) is 5.02. The largest absolute Gasteiger partial charge is 0.484 e. The Morgan fingerprint density at radius 3 is 2.82 bits per heavy atom. The van der Waals surface area contributed by atoms with Crippen LogP contribution in [-0.4, -0.2) is 16.1 Å². The molecule has 88 valence electrons. The van der Waals surface area contributed by atoms with E-state index < -0.39 is 5.97 Å². The molecule has 1 N–H and O–H groups in total. The van der Waals surface area contributed by atoms with Gasteiger partial charge in [-0.05, 0) is 31.2 Å². The van der Waals surface area contributed by atoms with Crippen LogP contribution in [0.2, 0.25) is 0 Å². The number of rotatable bonds is 4. The van der Waals surface area contributed by atoms with E-state index >= 15 is 0 Å². The number of nitrogens with zero attached hydrogens (tertiary/aromatic N) is 1. The highest BCUT2D eigenvalue weighted by molar-refractivity contribution is 5.84. The van der Waals surface area contributed by atoms with Crippen LogP contribution < -0.4 is 4.74 Å². The van der Waals surface area contributed by atoms with Gasteiger partial charge in [-0.3, -0.25) is 4.98 Å². The van der Waals surface area contributed by atoms with Crippen molar-refractivity contribution in [1.82, 2.24) is 4.98 Å². The van der Waals surface area contributed by atoms with Crippen molar-refractivity contribution < 1.29 is 19.1 Å². The van der Waals surface area contributed by atoms with Gasteiger partial charge in [-0.2, -0.15) is 0 Å². The first kappa shape index (κ1) is 11.2.